The highest BCUT2D eigenvalue weighted by molar-refractivity contribution is 5.90. The summed E-state index contributed by atoms with van der Waals surface area (Å²) in [5.74, 6) is -8.57. The van der Waals surface area contributed by atoms with Crippen molar-refractivity contribution in [2.24, 2.45) is 23.7 Å². The Morgan fingerprint density at radius 2 is 1.26 bits per heavy atom. The quantitative estimate of drug-likeness (QED) is 0.228. The molecule has 13 atom stereocenters. The molecule has 0 aromatic heterocycles. The molecule has 2 heterocycles. The van der Waals surface area contributed by atoms with Crippen LogP contribution in [0, 0.1) is 23.7 Å². The number of ether oxygens (including phenoxy) is 6. The van der Waals surface area contributed by atoms with Gasteiger partial charge in [0.25, 0.3) is 0 Å². The summed E-state index contributed by atoms with van der Waals surface area (Å²) in [7, 11) is 0. The molecular weight excluding hydrogens is 688 g/mol. The summed E-state index contributed by atoms with van der Waals surface area (Å²) in [5, 5.41) is 25.7. The molecule has 0 radical (unpaired) electrons. The number of aliphatic hydroxyl groups is 2. The molecule has 4 aliphatic rings. The second kappa shape index (κ2) is 13.4. The van der Waals surface area contributed by atoms with Gasteiger partial charge >= 0.3 is 29.8 Å². The van der Waals surface area contributed by atoms with Crippen LogP contribution in [0.5, 0.6) is 0 Å². The summed E-state index contributed by atoms with van der Waals surface area (Å²) in [6, 6.07) is 16.2. The molecule has 0 amide bonds. The largest absolute Gasteiger partial charge is 0.459 e. The van der Waals surface area contributed by atoms with Crippen molar-refractivity contribution < 1.29 is 62.6 Å². The van der Waals surface area contributed by atoms with Crippen LogP contribution < -0.4 is 0 Å². The summed E-state index contributed by atoms with van der Waals surface area (Å²) in [4.78, 5) is 67.1. The van der Waals surface area contributed by atoms with Crippen LogP contribution >= 0.6 is 0 Å². The molecule has 6 rings (SSSR count). The fourth-order valence-corrected chi connectivity index (χ4v) is 9.88. The average molecular weight is 735 g/mol. The van der Waals surface area contributed by atoms with E-state index in [-0.39, 0.29) is 23.1 Å². The zero-order valence-corrected chi connectivity index (χ0v) is 30.8. The summed E-state index contributed by atoms with van der Waals surface area (Å²) < 4.78 is 37.5. The van der Waals surface area contributed by atoms with Crippen LogP contribution in [-0.4, -0.2) is 93.0 Å². The number of fused-ring (bicyclic) bond motifs is 3. The van der Waals surface area contributed by atoms with Gasteiger partial charge in [-0.25, -0.2) is 9.59 Å². The van der Waals surface area contributed by atoms with Crippen molar-refractivity contribution in [3.63, 3.8) is 0 Å². The first kappa shape index (κ1) is 38.1. The molecule has 53 heavy (non-hydrogen) atoms. The Labute approximate surface area is 307 Å². The lowest BCUT2D eigenvalue weighted by Crippen LogP contribution is -2.80. The predicted octanol–water partition coefficient (Wildman–Crippen LogP) is 3.73. The molecular formula is C40H46O13. The molecule has 13 nitrogen and oxygen atoms in total. The number of carbonyl (C=O) groups excluding carboxylic acids is 5. The van der Waals surface area contributed by atoms with Crippen LogP contribution in [0.1, 0.15) is 75.6 Å². The second-order valence-electron chi connectivity index (χ2n) is 15.1. The maximum absolute atomic E-state index is 13.9. The number of benzene rings is 2. The van der Waals surface area contributed by atoms with Crippen LogP contribution in [0.15, 0.2) is 72.8 Å². The lowest BCUT2D eigenvalue weighted by atomic mass is 9.52. The summed E-state index contributed by atoms with van der Waals surface area (Å²) in [5.41, 5.74) is -7.52. The van der Waals surface area contributed by atoms with Crippen molar-refractivity contribution in [2.75, 3.05) is 0 Å². The van der Waals surface area contributed by atoms with Crippen LogP contribution in [0.3, 0.4) is 0 Å². The molecule has 0 unspecified atom stereocenters. The van der Waals surface area contributed by atoms with Gasteiger partial charge in [-0.3, -0.25) is 14.4 Å². The Kier molecular flexibility index (Phi) is 9.62. The van der Waals surface area contributed by atoms with Crippen molar-refractivity contribution in [3.8, 4) is 0 Å². The Bertz CT molecular complexity index is 1810. The molecule has 13 heteroatoms. The van der Waals surface area contributed by atoms with E-state index in [0.29, 0.717) is 0 Å². The first-order valence-corrected chi connectivity index (χ1v) is 17.7. The van der Waals surface area contributed by atoms with Gasteiger partial charge in [-0.15, -0.1) is 0 Å². The van der Waals surface area contributed by atoms with Crippen molar-refractivity contribution in [3.05, 3.63) is 83.9 Å². The van der Waals surface area contributed by atoms with Gasteiger partial charge in [0.2, 0.25) is 5.60 Å². The Balaban J connectivity index is 1.64. The molecule has 2 aromatic carbocycles. The van der Waals surface area contributed by atoms with Crippen LogP contribution in [-0.2, 0) is 42.8 Å². The topological polar surface area (TPSA) is 181 Å². The van der Waals surface area contributed by atoms with E-state index in [0.717, 1.165) is 20.8 Å². The third-order valence-corrected chi connectivity index (χ3v) is 11.9. The maximum Gasteiger partial charge on any atom is 0.338 e. The van der Waals surface area contributed by atoms with Gasteiger partial charge in [-0.1, -0.05) is 56.8 Å². The van der Waals surface area contributed by atoms with Gasteiger partial charge < -0.3 is 38.6 Å². The minimum absolute atomic E-state index is 0.0839. The molecule has 4 fully saturated rings. The van der Waals surface area contributed by atoms with E-state index in [1.54, 1.807) is 62.4 Å². The first-order valence-electron chi connectivity index (χ1n) is 17.7. The number of carbonyl (C=O) groups is 5. The molecule has 2 bridgehead atoms. The van der Waals surface area contributed by atoms with E-state index in [2.05, 4.69) is 6.58 Å². The monoisotopic (exact) mass is 734 g/mol. The zero-order valence-electron chi connectivity index (χ0n) is 30.8. The number of aliphatic hydroxyl groups excluding tert-OH is 1. The first-order chi connectivity index (χ1) is 24.9. The Morgan fingerprint density at radius 3 is 1.75 bits per heavy atom. The summed E-state index contributed by atoms with van der Waals surface area (Å²) >= 11 is 0. The smallest absolute Gasteiger partial charge is 0.338 e. The van der Waals surface area contributed by atoms with Crippen LogP contribution in [0.4, 0.5) is 0 Å². The van der Waals surface area contributed by atoms with Crippen molar-refractivity contribution >= 4 is 29.8 Å². The van der Waals surface area contributed by atoms with Crippen LogP contribution in [0.25, 0.3) is 0 Å². The normalized spacial score (nSPS) is 39.5. The fourth-order valence-electron chi connectivity index (χ4n) is 9.88. The maximum atomic E-state index is 13.9. The Hall–Kier alpha value is -4.59. The Morgan fingerprint density at radius 1 is 0.755 bits per heavy atom. The number of rotatable bonds is 8. The van der Waals surface area contributed by atoms with Gasteiger partial charge in [0.15, 0.2) is 18.3 Å². The van der Waals surface area contributed by atoms with Gasteiger partial charge in [-0.2, -0.15) is 0 Å². The highest BCUT2D eigenvalue weighted by Crippen LogP contribution is 2.70. The highest BCUT2D eigenvalue weighted by Gasteiger charge is 2.88. The van der Waals surface area contributed by atoms with Crippen molar-refractivity contribution in [1.82, 2.24) is 0 Å². The zero-order chi connectivity index (χ0) is 38.8. The lowest BCUT2D eigenvalue weighted by Gasteiger charge is -2.62. The summed E-state index contributed by atoms with van der Waals surface area (Å²) in [6.45, 7) is 13.9. The van der Waals surface area contributed by atoms with E-state index in [1.807, 2.05) is 0 Å². The van der Waals surface area contributed by atoms with E-state index < -0.39 is 106 Å². The van der Waals surface area contributed by atoms with E-state index >= 15 is 0 Å². The second-order valence-corrected chi connectivity index (χ2v) is 15.1. The number of esters is 5. The third kappa shape index (κ3) is 5.58. The molecule has 1 spiro atoms. The standard InChI is InChI=1S/C40H46O13/c1-20(2)39(52-25(7)43)31(50-34(45)26-15-11-9-12-16-26)22(4)38(47)28-19-21(3)30(44)40(28)36(51-35(46)27-17-13-10-14-18-27)37(8,53-40)32(48-23(5)41)29(38)33(39)49-24(6)42/h9-18,21-22,28-33,36,44,47H,1,19H2,2-8H3/t21-,22+,28-,29-,30-,31-,32-,33+,36+,37+,38-,39-,40+/m0/s1. The minimum atomic E-state index is -2.21. The molecule has 2 saturated carbocycles. The van der Waals surface area contributed by atoms with Crippen molar-refractivity contribution in [2.45, 2.75) is 108 Å². The lowest BCUT2D eigenvalue weighted by molar-refractivity contribution is -0.388. The highest BCUT2D eigenvalue weighted by atomic mass is 16.7. The van der Waals surface area contributed by atoms with Gasteiger partial charge in [0.05, 0.1) is 28.7 Å². The van der Waals surface area contributed by atoms with Crippen molar-refractivity contribution in [1.29, 1.82) is 0 Å². The SMILES string of the molecule is C=C(C)[C@@]1(OC(C)=O)[C@H](OC(C)=O)[C@@H]2[C@H](OC(C)=O)[C@@]3(C)O[C@@]4([C@@H]3OC(=O)c3ccccc3)[C@@H](O)[C@@H](C)C[C@H]4[C@@]2(O)[C@H](C)[C@@H]1OC(=O)c1ccccc1. The predicted molar refractivity (Wildman–Crippen MR) is 185 cm³/mol. The summed E-state index contributed by atoms with van der Waals surface area (Å²) in [6.07, 6.45) is -7.48. The molecule has 2 aromatic rings. The molecule has 2 N–H and O–H groups in total. The molecule has 2 saturated heterocycles. The minimum Gasteiger partial charge on any atom is -0.459 e. The molecule has 2 aliphatic carbocycles. The fraction of sp³-hybridized carbons (Fsp3) is 0.525. The average Bonchev–Trinajstić information content (AvgIpc) is 3.31. The van der Waals surface area contributed by atoms with Gasteiger partial charge in [0, 0.05) is 32.6 Å². The molecule has 284 valence electrons. The van der Waals surface area contributed by atoms with Crippen LogP contribution in [0.2, 0.25) is 0 Å². The number of hydrogen-bond acceptors (Lipinski definition) is 13. The molecule has 2 aliphatic heterocycles. The number of hydrogen-bond donors (Lipinski definition) is 2. The van der Waals surface area contributed by atoms with Gasteiger partial charge in [0.1, 0.15) is 17.3 Å². The van der Waals surface area contributed by atoms with E-state index in [9.17, 15) is 34.2 Å². The van der Waals surface area contributed by atoms with Gasteiger partial charge in [-0.05, 0) is 56.0 Å². The third-order valence-electron chi connectivity index (χ3n) is 11.9. The van der Waals surface area contributed by atoms with E-state index in [1.165, 1.54) is 26.0 Å². The van der Waals surface area contributed by atoms with E-state index in [4.69, 9.17) is 28.4 Å².